The summed E-state index contributed by atoms with van der Waals surface area (Å²) in [6, 6.07) is 7.63. The summed E-state index contributed by atoms with van der Waals surface area (Å²) in [6.45, 7) is 4.49. The van der Waals surface area contributed by atoms with Gasteiger partial charge in [0.2, 0.25) is 0 Å². The lowest BCUT2D eigenvalue weighted by atomic mass is 9.92. The van der Waals surface area contributed by atoms with Crippen molar-refractivity contribution < 1.29 is 14.3 Å². The maximum absolute atomic E-state index is 12.6. The summed E-state index contributed by atoms with van der Waals surface area (Å²) in [5.74, 6) is -0.352. The molecule has 124 valence electrons. The molecule has 0 radical (unpaired) electrons. The smallest absolute Gasteiger partial charge is 0.338 e. The lowest BCUT2D eigenvalue weighted by Crippen LogP contribution is -2.46. The first kappa shape index (κ1) is 17.4. The van der Waals surface area contributed by atoms with E-state index in [4.69, 9.17) is 21.7 Å². The third-order valence-corrected chi connectivity index (χ3v) is 4.39. The van der Waals surface area contributed by atoms with Gasteiger partial charge in [-0.05, 0) is 37.2 Å². The Morgan fingerprint density at radius 1 is 1.30 bits per heavy atom. The van der Waals surface area contributed by atoms with Gasteiger partial charge in [0, 0.05) is 19.9 Å². The van der Waals surface area contributed by atoms with Crippen LogP contribution in [0.25, 0.3) is 0 Å². The van der Waals surface area contributed by atoms with Gasteiger partial charge in [0.25, 0.3) is 0 Å². The minimum atomic E-state index is -0.352. The summed E-state index contributed by atoms with van der Waals surface area (Å²) in [5.41, 5.74) is 3.48. The minimum Gasteiger partial charge on any atom is -0.460 e. The van der Waals surface area contributed by atoms with Gasteiger partial charge in [-0.15, -0.1) is 0 Å². The van der Waals surface area contributed by atoms with Crippen LogP contribution in [0.1, 0.15) is 24.1 Å². The number of aryl methyl sites for hydroxylation is 1. The van der Waals surface area contributed by atoms with Gasteiger partial charge in [0.1, 0.15) is 6.61 Å². The molecule has 0 aliphatic carbocycles. The van der Waals surface area contributed by atoms with Crippen LogP contribution in [-0.2, 0) is 14.3 Å². The summed E-state index contributed by atoms with van der Waals surface area (Å²) < 4.78 is 10.3. The van der Waals surface area contributed by atoms with E-state index in [0.29, 0.717) is 17.3 Å². The molecule has 1 aromatic rings. The Hall–Kier alpha value is -1.92. The van der Waals surface area contributed by atoms with Crippen molar-refractivity contribution >= 4 is 23.3 Å². The molecule has 1 atom stereocenters. The Labute approximate surface area is 142 Å². The summed E-state index contributed by atoms with van der Waals surface area (Å²) >= 11 is 5.38. The highest BCUT2D eigenvalue weighted by molar-refractivity contribution is 7.80. The highest BCUT2D eigenvalue weighted by atomic mass is 32.1. The number of allylic oxidation sites excluding steroid dienone is 1. The third-order valence-electron chi connectivity index (χ3n) is 3.99. The maximum Gasteiger partial charge on any atom is 0.338 e. The first-order chi connectivity index (χ1) is 11.0. The van der Waals surface area contributed by atoms with Crippen molar-refractivity contribution in [1.29, 1.82) is 0 Å². The quantitative estimate of drug-likeness (QED) is 0.507. The van der Waals surface area contributed by atoms with E-state index in [9.17, 15) is 4.79 Å². The topological polar surface area (TPSA) is 50.8 Å². The van der Waals surface area contributed by atoms with Crippen LogP contribution in [0.15, 0.2) is 35.5 Å². The zero-order valence-electron chi connectivity index (χ0n) is 13.9. The second-order valence-electron chi connectivity index (χ2n) is 5.43. The van der Waals surface area contributed by atoms with Gasteiger partial charge in [-0.1, -0.05) is 24.3 Å². The van der Waals surface area contributed by atoms with Crippen LogP contribution in [0.4, 0.5) is 0 Å². The standard InChI is InChI=1S/C17H22N2O3S/c1-11-7-5-6-8-13(11)15-14(16(20)22-10-9-21-4)12(2)19(3)17(23)18-15/h5-8,15H,9-10H2,1-4H3,(H,18,23). The van der Waals surface area contributed by atoms with E-state index in [1.54, 1.807) is 12.0 Å². The molecule has 2 rings (SSSR count). The lowest BCUT2D eigenvalue weighted by molar-refractivity contribution is -0.140. The van der Waals surface area contributed by atoms with Gasteiger partial charge in [-0.25, -0.2) is 4.79 Å². The Bertz CT molecular complexity index is 642. The lowest BCUT2D eigenvalue weighted by Gasteiger charge is -2.35. The molecule has 1 aliphatic heterocycles. The first-order valence-electron chi connectivity index (χ1n) is 7.44. The molecular weight excluding hydrogens is 312 g/mol. The van der Waals surface area contributed by atoms with Crippen molar-refractivity contribution in [3.05, 3.63) is 46.7 Å². The molecule has 1 aliphatic rings. The summed E-state index contributed by atoms with van der Waals surface area (Å²) in [6.07, 6.45) is 0. The molecule has 0 aromatic heterocycles. The number of carbonyl (C=O) groups excluding carboxylic acids is 1. The van der Waals surface area contributed by atoms with Crippen molar-refractivity contribution in [2.24, 2.45) is 0 Å². The van der Waals surface area contributed by atoms with Gasteiger partial charge in [-0.3, -0.25) is 0 Å². The van der Waals surface area contributed by atoms with E-state index in [2.05, 4.69) is 5.32 Å². The highest BCUT2D eigenvalue weighted by Gasteiger charge is 2.33. The Morgan fingerprint density at radius 3 is 2.65 bits per heavy atom. The van der Waals surface area contributed by atoms with Gasteiger partial charge in [0.15, 0.2) is 5.11 Å². The zero-order chi connectivity index (χ0) is 17.0. The third kappa shape index (κ3) is 3.71. The zero-order valence-corrected chi connectivity index (χ0v) is 14.7. The maximum atomic E-state index is 12.6. The van der Waals surface area contributed by atoms with Crippen LogP contribution in [0.2, 0.25) is 0 Å². The second kappa shape index (κ2) is 7.57. The fraction of sp³-hybridized carbons (Fsp3) is 0.412. The largest absolute Gasteiger partial charge is 0.460 e. The molecule has 6 heteroatoms. The van der Waals surface area contributed by atoms with Crippen LogP contribution in [0.3, 0.4) is 0 Å². The van der Waals surface area contributed by atoms with E-state index in [1.807, 2.05) is 45.2 Å². The number of nitrogens with one attached hydrogen (secondary N) is 1. The number of methoxy groups -OCH3 is 1. The normalized spacial score (nSPS) is 18.0. The van der Waals surface area contributed by atoms with Gasteiger partial charge in [-0.2, -0.15) is 0 Å². The Balaban J connectivity index is 2.40. The summed E-state index contributed by atoms with van der Waals surface area (Å²) in [4.78, 5) is 14.4. The predicted molar refractivity (Wildman–Crippen MR) is 93.0 cm³/mol. The molecule has 0 amide bonds. The molecule has 23 heavy (non-hydrogen) atoms. The number of ether oxygens (including phenoxy) is 2. The molecular formula is C17H22N2O3S. The van der Waals surface area contributed by atoms with Crippen molar-refractivity contribution in [2.75, 3.05) is 27.4 Å². The fourth-order valence-electron chi connectivity index (χ4n) is 2.54. The van der Waals surface area contributed by atoms with Crippen molar-refractivity contribution in [2.45, 2.75) is 19.9 Å². The molecule has 1 N–H and O–H groups in total. The molecule has 1 heterocycles. The Kier molecular flexibility index (Phi) is 5.74. The van der Waals surface area contributed by atoms with Gasteiger partial charge >= 0.3 is 5.97 Å². The predicted octanol–water partition coefficient (Wildman–Crippen LogP) is 2.32. The van der Waals surface area contributed by atoms with E-state index in [-0.39, 0.29) is 18.6 Å². The molecule has 5 nitrogen and oxygen atoms in total. The number of nitrogens with zero attached hydrogens (tertiary/aromatic N) is 1. The molecule has 0 spiro atoms. The van der Waals surface area contributed by atoms with E-state index >= 15 is 0 Å². The first-order valence-corrected chi connectivity index (χ1v) is 7.84. The van der Waals surface area contributed by atoms with Crippen molar-refractivity contribution in [1.82, 2.24) is 10.2 Å². The van der Waals surface area contributed by atoms with Crippen LogP contribution in [0, 0.1) is 6.92 Å². The second-order valence-corrected chi connectivity index (χ2v) is 5.81. The number of hydrogen-bond donors (Lipinski definition) is 1. The Morgan fingerprint density at radius 2 is 2.00 bits per heavy atom. The average molecular weight is 334 g/mol. The SMILES string of the molecule is COCCOC(=O)C1=C(C)N(C)C(=S)NC1c1ccccc1C. The number of carbonyl (C=O) groups is 1. The molecule has 0 saturated carbocycles. The molecule has 0 saturated heterocycles. The molecule has 1 aromatic carbocycles. The van der Waals surface area contributed by atoms with Crippen molar-refractivity contribution in [3.8, 4) is 0 Å². The summed E-state index contributed by atoms with van der Waals surface area (Å²) in [5, 5.41) is 3.83. The number of hydrogen-bond acceptors (Lipinski definition) is 4. The molecule has 1 unspecified atom stereocenters. The van der Waals surface area contributed by atoms with E-state index in [0.717, 1.165) is 16.8 Å². The van der Waals surface area contributed by atoms with Crippen LogP contribution < -0.4 is 5.32 Å². The van der Waals surface area contributed by atoms with Gasteiger partial charge < -0.3 is 19.7 Å². The highest BCUT2D eigenvalue weighted by Crippen LogP contribution is 2.32. The monoisotopic (exact) mass is 334 g/mol. The minimum absolute atomic E-state index is 0.223. The fourth-order valence-corrected chi connectivity index (χ4v) is 2.79. The van der Waals surface area contributed by atoms with E-state index < -0.39 is 0 Å². The number of thiocarbonyl (C=S) groups is 1. The van der Waals surface area contributed by atoms with Crippen LogP contribution in [-0.4, -0.2) is 43.4 Å². The van der Waals surface area contributed by atoms with E-state index in [1.165, 1.54) is 0 Å². The number of benzene rings is 1. The van der Waals surface area contributed by atoms with Crippen LogP contribution in [0.5, 0.6) is 0 Å². The average Bonchev–Trinajstić information content (AvgIpc) is 2.53. The van der Waals surface area contributed by atoms with Gasteiger partial charge in [0.05, 0.1) is 18.2 Å². The number of rotatable bonds is 5. The molecule has 0 fully saturated rings. The summed E-state index contributed by atoms with van der Waals surface area (Å²) in [7, 11) is 3.41. The molecule has 0 bridgehead atoms. The van der Waals surface area contributed by atoms with Crippen LogP contribution >= 0.6 is 12.2 Å². The van der Waals surface area contributed by atoms with Crippen molar-refractivity contribution in [3.63, 3.8) is 0 Å². The number of esters is 1.